The second-order valence-corrected chi connectivity index (χ2v) is 4.06. The molecule has 4 N–H and O–H groups in total. The highest BCUT2D eigenvalue weighted by Gasteiger charge is 2.06. The Labute approximate surface area is 108 Å². The maximum absolute atomic E-state index is 10.9. The van der Waals surface area contributed by atoms with Crippen molar-refractivity contribution in [2.75, 3.05) is 37.2 Å². The molecule has 18 heavy (non-hydrogen) atoms. The average molecular weight is 251 g/mol. The molecule has 0 radical (unpaired) electrons. The first-order chi connectivity index (χ1) is 8.58. The molecule has 1 rings (SSSR count). The number of hydrogen-bond donors (Lipinski definition) is 3. The van der Waals surface area contributed by atoms with Crippen LogP contribution in [0.1, 0.15) is 24.2 Å². The van der Waals surface area contributed by atoms with Crippen LogP contribution in [-0.2, 0) is 0 Å². The Morgan fingerprint density at radius 2 is 2.06 bits per heavy atom. The molecule has 0 aromatic heterocycles. The highest BCUT2D eigenvalue weighted by atomic mass is 16.4. The Hall–Kier alpha value is -1.75. The molecule has 0 heterocycles. The second-order valence-electron chi connectivity index (χ2n) is 4.06. The molecule has 0 fully saturated rings. The number of nitrogens with one attached hydrogen (secondary N) is 1. The van der Waals surface area contributed by atoms with Crippen molar-refractivity contribution < 1.29 is 9.90 Å². The van der Waals surface area contributed by atoms with Gasteiger partial charge < -0.3 is 21.1 Å². The molecule has 0 spiro atoms. The van der Waals surface area contributed by atoms with Gasteiger partial charge in [-0.05, 0) is 31.3 Å². The zero-order valence-electron chi connectivity index (χ0n) is 10.9. The quantitative estimate of drug-likeness (QED) is 0.643. The van der Waals surface area contributed by atoms with Gasteiger partial charge in [-0.25, -0.2) is 4.79 Å². The van der Waals surface area contributed by atoms with Crippen molar-refractivity contribution in [3.63, 3.8) is 0 Å². The van der Waals surface area contributed by atoms with Gasteiger partial charge in [0.05, 0.1) is 16.9 Å². The highest BCUT2D eigenvalue weighted by molar-refractivity contribution is 5.90. The largest absolute Gasteiger partial charge is 0.478 e. The smallest absolute Gasteiger partial charge is 0.335 e. The second kappa shape index (κ2) is 6.86. The van der Waals surface area contributed by atoms with Crippen LogP contribution in [0.3, 0.4) is 0 Å². The number of carboxylic acid groups (broad SMARTS) is 1. The SMILES string of the molecule is CCN(CC)CCNc1cc(C(=O)O)ccc1N. The molecule has 0 saturated heterocycles. The molecule has 0 amide bonds. The Balaban J connectivity index is 2.61. The summed E-state index contributed by atoms with van der Waals surface area (Å²) >= 11 is 0. The molecule has 0 unspecified atom stereocenters. The molecule has 0 atom stereocenters. The van der Waals surface area contributed by atoms with E-state index in [-0.39, 0.29) is 5.56 Å². The molecule has 5 heteroatoms. The number of nitrogens with zero attached hydrogens (tertiary/aromatic N) is 1. The van der Waals surface area contributed by atoms with E-state index in [1.807, 2.05) is 0 Å². The van der Waals surface area contributed by atoms with Gasteiger partial charge in [-0.3, -0.25) is 0 Å². The molecule has 5 nitrogen and oxygen atoms in total. The Morgan fingerprint density at radius 3 is 2.61 bits per heavy atom. The van der Waals surface area contributed by atoms with Gasteiger partial charge in [-0.1, -0.05) is 13.8 Å². The van der Waals surface area contributed by atoms with E-state index >= 15 is 0 Å². The predicted octanol–water partition coefficient (Wildman–Crippen LogP) is 1.72. The van der Waals surface area contributed by atoms with Crippen LogP contribution in [0, 0.1) is 0 Å². The van der Waals surface area contributed by atoms with Crippen LogP contribution in [0.15, 0.2) is 18.2 Å². The summed E-state index contributed by atoms with van der Waals surface area (Å²) in [7, 11) is 0. The summed E-state index contributed by atoms with van der Waals surface area (Å²) in [4.78, 5) is 13.1. The van der Waals surface area contributed by atoms with Gasteiger partial charge in [0.1, 0.15) is 0 Å². The van der Waals surface area contributed by atoms with Crippen LogP contribution in [0.4, 0.5) is 11.4 Å². The number of carbonyl (C=O) groups is 1. The first kappa shape index (κ1) is 14.3. The Bertz CT molecular complexity index is 403. The van der Waals surface area contributed by atoms with E-state index in [9.17, 15) is 4.79 Å². The van der Waals surface area contributed by atoms with Crippen LogP contribution in [0.5, 0.6) is 0 Å². The number of likely N-dealkylation sites (N-methyl/N-ethyl adjacent to an activating group) is 1. The van der Waals surface area contributed by atoms with Crippen molar-refractivity contribution in [1.82, 2.24) is 4.90 Å². The highest BCUT2D eigenvalue weighted by Crippen LogP contribution is 2.19. The number of nitrogens with two attached hydrogens (primary N) is 1. The molecule has 0 aliphatic carbocycles. The Morgan fingerprint density at radius 1 is 1.39 bits per heavy atom. The molecule has 1 aromatic carbocycles. The van der Waals surface area contributed by atoms with Crippen LogP contribution >= 0.6 is 0 Å². The molecular formula is C13H21N3O2. The fraction of sp³-hybridized carbons (Fsp3) is 0.462. The van der Waals surface area contributed by atoms with Crippen LogP contribution in [-0.4, -0.2) is 42.2 Å². The minimum absolute atomic E-state index is 0.245. The van der Waals surface area contributed by atoms with E-state index in [2.05, 4.69) is 24.1 Å². The van der Waals surface area contributed by atoms with Crippen LogP contribution in [0.2, 0.25) is 0 Å². The molecule has 0 bridgehead atoms. The lowest BCUT2D eigenvalue weighted by Crippen LogP contribution is -2.28. The lowest BCUT2D eigenvalue weighted by molar-refractivity contribution is 0.0697. The van der Waals surface area contributed by atoms with Gasteiger partial charge >= 0.3 is 5.97 Å². The zero-order valence-corrected chi connectivity index (χ0v) is 10.9. The van der Waals surface area contributed by atoms with Gasteiger partial charge in [0.25, 0.3) is 0 Å². The van der Waals surface area contributed by atoms with Crippen LogP contribution in [0.25, 0.3) is 0 Å². The fourth-order valence-corrected chi connectivity index (χ4v) is 1.73. The maximum Gasteiger partial charge on any atom is 0.335 e. The lowest BCUT2D eigenvalue weighted by Gasteiger charge is -2.19. The van der Waals surface area contributed by atoms with Gasteiger partial charge in [0.15, 0.2) is 0 Å². The minimum Gasteiger partial charge on any atom is -0.478 e. The monoisotopic (exact) mass is 251 g/mol. The van der Waals surface area contributed by atoms with Crippen molar-refractivity contribution in [3.05, 3.63) is 23.8 Å². The van der Waals surface area contributed by atoms with E-state index in [0.717, 1.165) is 26.2 Å². The summed E-state index contributed by atoms with van der Waals surface area (Å²) in [6.45, 7) is 7.89. The molecule has 0 saturated carbocycles. The summed E-state index contributed by atoms with van der Waals surface area (Å²) in [5.74, 6) is -0.943. The fourth-order valence-electron chi connectivity index (χ4n) is 1.73. The number of carboxylic acids is 1. The van der Waals surface area contributed by atoms with Crippen molar-refractivity contribution in [1.29, 1.82) is 0 Å². The summed E-state index contributed by atoms with van der Waals surface area (Å²) in [5.41, 5.74) is 7.30. The van der Waals surface area contributed by atoms with E-state index in [1.165, 1.54) is 6.07 Å². The zero-order chi connectivity index (χ0) is 13.5. The van der Waals surface area contributed by atoms with Crippen molar-refractivity contribution >= 4 is 17.3 Å². The third-order valence-corrected chi connectivity index (χ3v) is 2.94. The summed E-state index contributed by atoms with van der Waals surface area (Å²) in [6.07, 6.45) is 0. The number of benzene rings is 1. The molecular weight excluding hydrogens is 230 g/mol. The number of anilines is 2. The molecule has 1 aromatic rings. The Kier molecular flexibility index (Phi) is 5.45. The summed E-state index contributed by atoms with van der Waals surface area (Å²) < 4.78 is 0. The van der Waals surface area contributed by atoms with Crippen molar-refractivity contribution in [2.45, 2.75) is 13.8 Å². The third kappa shape index (κ3) is 3.92. The number of aromatic carboxylic acids is 1. The van der Waals surface area contributed by atoms with Gasteiger partial charge in [0.2, 0.25) is 0 Å². The number of nitrogen functional groups attached to an aromatic ring is 1. The lowest BCUT2D eigenvalue weighted by atomic mass is 10.1. The van der Waals surface area contributed by atoms with E-state index in [4.69, 9.17) is 10.8 Å². The van der Waals surface area contributed by atoms with Gasteiger partial charge in [-0.15, -0.1) is 0 Å². The number of hydrogen-bond acceptors (Lipinski definition) is 4. The summed E-state index contributed by atoms with van der Waals surface area (Å²) in [5, 5.41) is 12.1. The maximum atomic E-state index is 10.9. The van der Waals surface area contributed by atoms with Gasteiger partial charge in [-0.2, -0.15) is 0 Å². The first-order valence-corrected chi connectivity index (χ1v) is 6.17. The van der Waals surface area contributed by atoms with Crippen LogP contribution < -0.4 is 11.1 Å². The van der Waals surface area contributed by atoms with Gasteiger partial charge in [0, 0.05) is 13.1 Å². The molecule has 0 aliphatic heterocycles. The minimum atomic E-state index is -0.943. The third-order valence-electron chi connectivity index (χ3n) is 2.94. The van der Waals surface area contributed by atoms with E-state index in [0.29, 0.717) is 11.4 Å². The molecule has 100 valence electrons. The standard InChI is InChI=1S/C13H21N3O2/c1-3-16(4-2)8-7-15-12-9-10(13(17)18)5-6-11(12)14/h5-6,9,15H,3-4,7-8,14H2,1-2H3,(H,17,18). The average Bonchev–Trinajstić information content (AvgIpc) is 2.36. The van der Waals surface area contributed by atoms with Crippen molar-refractivity contribution in [2.24, 2.45) is 0 Å². The molecule has 0 aliphatic rings. The number of rotatable bonds is 7. The first-order valence-electron chi connectivity index (χ1n) is 6.17. The topological polar surface area (TPSA) is 78.6 Å². The van der Waals surface area contributed by atoms with E-state index in [1.54, 1.807) is 12.1 Å². The van der Waals surface area contributed by atoms with E-state index < -0.39 is 5.97 Å². The predicted molar refractivity (Wildman–Crippen MR) is 74.1 cm³/mol. The summed E-state index contributed by atoms with van der Waals surface area (Å²) in [6, 6.07) is 4.69. The normalized spacial score (nSPS) is 10.6. The van der Waals surface area contributed by atoms with Crippen molar-refractivity contribution in [3.8, 4) is 0 Å².